The summed E-state index contributed by atoms with van der Waals surface area (Å²) in [6.45, 7) is 0. The maximum Gasteiger partial charge on any atom is 0.271 e. The van der Waals surface area contributed by atoms with Gasteiger partial charge in [0.05, 0.1) is 10.6 Å². The molecule has 1 rings (SSSR count). The van der Waals surface area contributed by atoms with Crippen molar-refractivity contribution in [3.05, 3.63) is 34.9 Å². The maximum absolute atomic E-state index is 11.2. The zero-order chi connectivity index (χ0) is 9.68. The van der Waals surface area contributed by atoms with E-state index in [4.69, 9.17) is 16.9 Å². The highest BCUT2D eigenvalue weighted by Crippen LogP contribution is 2.13. The van der Waals surface area contributed by atoms with Gasteiger partial charge < -0.3 is 0 Å². The van der Waals surface area contributed by atoms with Crippen LogP contribution in [0.2, 0.25) is 5.02 Å². The van der Waals surface area contributed by atoms with Crippen LogP contribution in [0.5, 0.6) is 0 Å². The van der Waals surface area contributed by atoms with Gasteiger partial charge in [-0.3, -0.25) is 10.2 Å². The van der Waals surface area contributed by atoms with Crippen LogP contribution in [0.3, 0.4) is 0 Å². The molecular weight excluding hydrogens is 190 g/mol. The molecule has 0 heterocycles. The van der Waals surface area contributed by atoms with E-state index in [1.165, 1.54) is 0 Å². The monoisotopic (exact) mass is 195 g/mol. The van der Waals surface area contributed by atoms with E-state index in [9.17, 15) is 4.79 Å². The summed E-state index contributed by atoms with van der Waals surface area (Å²) in [5.74, 6) is -0.438. The number of nitriles is 1. The van der Waals surface area contributed by atoms with Crippen molar-refractivity contribution in [3.63, 3.8) is 0 Å². The Morgan fingerprint density at radius 1 is 1.46 bits per heavy atom. The van der Waals surface area contributed by atoms with Crippen molar-refractivity contribution < 1.29 is 4.79 Å². The molecule has 0 aromatic heterocycles. The Labute approximate surface area is 80.1 Å². The molecule has 1 aromatic rings. The smallest absolute Gasteiger partial charge is 0.267 e. The summed E-state index contributed by atoms with van der Waals surface area (Å²) in [7, 11) is 0. The molecule has 0 unspecified atom stereocenters. The standard InChI is InChI=1S/C8H6ClN3O/c9-7-4-2-1-3-6(7)8(13)12-11-5-10/h1-4,11H,(H,12,13). The molecule has 0 aliphatic carbocycles. The predicted molar refractivity (Wildman–Crippen MR) is 47.7 cm³/mol. The van der Waals surface area contributed by atoms with Crippen molar-refractivity contribution >= 4 is 17.5 Å². The van der Waals surface area contributed by atoms with Crippen molar-refractivity contribution in [2.45, 2.75) is 0 Å². The summed E-state index contributed by atoms with van der Waals surface area (Å²) in [5.41, 5.74) is 4.50. The van der Waals surface area contributed by atoms with Crippen LogP contribution in [0.4, 0.5) is 0 Å². The second-order valence-corrected chi connectivity index (χ2v) is 2.58. The fourth-order valence-electron chi connectivity index (χ4n) is 0.797. The van der Waals surface area contributed by atoms with Gasteiger partial charge in [0, 0.05) is 0 Å². The first kappa shape index (κ1) is 9.36. The summed E-state index contributed by atoms with van der Waals surface area (Å²) < 4.78 is 0. The number of hydrogen-bond donors (Lipinski definition) is 2. The Hall–Kier alpha value is -1.73. The zero-order valence-corrected chi connectivity index (χ0v) is 7.30. The highest BCUT2D eigenvalue weighted by molar-refractivity contribution is 6.33. The van der Waals surface area contributed by atoms with Gasteiger partial charge in [-0.25, -0.2) is 5.43 Å². The summed E-state index contributed by atoms with van der Waals surface area (Å²) in [6, 6.07) is 6.57. The van der Waals surface area contributed by atoms with Crippen molar-refractivity contribution in [2.24, 2.45) is 0 Å². The second kappa shape index (κ2) is 4.33. The topological polar surface area (TPSA) is 64.9 Å². The maximum atomic E-state index is 11.2. The first-order chi connectivity index (χ1) is 6.25. The lowest BCUT2D eigenvalue weighted by molar-refractivity contribution is 0.0942. The van der Waals surface area contributed by atoms with Gasteiger partial charge >= 0.3 is 0 Å². The van der Waals surface area contributed by atoms with Crippen molar-refractivity contribution in [2.75, 3.05) is 0 Å². The molecule has 0 aliphatic rings. The number of nitrogens with zero attached hydrogens (tertiary/aromatic N) is 1. The van der Waals surface area contributed by atoms with Gasteiger partial charge in [-0.05, 0) is 12.1 Å². The lowest BCUT2D eigenvalue weighted by atomic mass is 10.2. The summed E-state index contributed by atoms with van der Waals surface area (Å²) >= 11 is 5.73. The van der Waals surface area contributed by atoms with Gasteiger partial charge in [-0.2, -0.15) is 5.26 Å². The van der Waals surface area contributed by atoms with Crippen LogP contribution in [0.1, 0.15) is 10.4 Å². The van der Waals surface area contributed by atoms with Gasteiger partial charge in [-0.15, -0.1) is 0 Å². The lowest BCUT2D eigenvalue weighted by Gasteiger charge is -2.02. The quantitative estimate of drug-likeness (QED) is 0.421. The second-order valence-electron chi connectivity index (χ2n) is 2.17. The van der Waals surface area contributed by atoms with Gasteiger partial charge in [0.2, 0.25) is 0 Å². The average molecular weight is 196 g/mol. The van der Waals surface area contributed by atoms with Crippen LogP contribution >= 0.6 is 11.6 Å². The Bertz CT molecular complexity index is 359. The average Bonchev–Trinajstić information content (AvgIpc) is 2.15. The van der Waals surface area contributed by atoms with Crippen LogP contribution in [0.25, 0.3) is 0 Å². The fourth-order valence-corrected chi connectivity index (χ4v) is 1.02. The molecule has 0 bridgehead atoms. The summed E-state index contributed by atoms with van der Waals surface area (Å²) in [5, 5.41) is 8.47. The van der Waals surface area contributed by atoms with Crippen LogP contribution in [0, 0.1) is 11.5 Å². The van der Waals surface area contributed by atoms with E-state index in [0.29, 0.717) is 10.6 Å². The molecule has 4 nitrogen and oxygen atoms in total. The number of halogens is 1. The van der Waals surface area contributed by atoms with E-state index in [1.807, 2.05) is 5.43 Å². The Morgan fingerprint density at radius 3 is 2.77 bits per heavy atom. The largest absolute Gasteiger partial charge is 0.271 e. The third-order valence-corrected chi connectivity index (χ3v) is 1.68. The fraction of sp³-hybridized carbons (Fsp3) is 0. The van der Waals surface area contributed by atoms with Crippen LogP contribution in [-0.4, -0.2) is 5.91 Å². The molecule has 2 N–H and O–H groups in total. The molecule has 1 aromatic carbocycles. The zero-order valence-electron chi connectivity index (χ0n) is 6.54. The Balaban J connectivity index is 2.78. The van der Waals surface area contributed by atoms with E-state index in [1.54, 1.807) is 30.5 Å². The predicted octanol–water partition coefficient (Wildman–Crippen LogP) is 1.06. The van der Waals surface area contributed by atoms with E-state index in [0.717, 1.165) is 0 Å². The van der Waals surface area contributed by atoms with Crippen molar-refractivity contribution in [1.29, 1.82) is 5.26 Å². The van der Waals surface area contributed by atoms with Gasteiger partial charge in [0.15, 0.2) is 6.19 Å². The summed E-state index contributed by atoms with van der Waals surface area (Å²) in [4.78, 5) is 11.2. The Kier molecular flexibility index (Phi) is 3.12. The lowest BCUT2D eigenvalue weighted by Crippen LogP contribution is -2.33. The molecule has 66 valence electrons. The summed E-state index contributed by atoms with van der Waals surface area (Å²) in [6.07, 6.45) is 1.56. The number of amides is 1. The number of benzene rings is 1. The SMILES string of the molecule is N#CNNC(=O)c1ccccc1Cl. The number of nitrogens with one attached hydrogen (secondary N) is 2. The number of hydrogen-bond acceptors (Lipinski definition) is 3. The van der Waals surface area contributed by atoms with Gasteiger partial charge in [-0.1, -0.05) is 23.7 Å². The van der Waals surface area contributed by atoms with Crippen LogP contribution < -0.4 is 10.9 Å². The van der Waals surface area contributed by atoms with Gasteiger partial charge in [0.25, 0.3) is 5.91 Å². The molecule has 0 saturated heterocycles. The molecule has 1 amide bonds. The molecular formula is C8H6ClN3O. The van der Waals surface area contributed by atoms with E-state index in [-0.39, 0.29) is 0 Å². The molecule has 0 radical (unpaired) electrons. The minimum Gasteiger partial charge on any atom is -0.267 e. The highest BCUT2D eigenvalue weighted by Gasteiger charge is 2.07. The molecule has 5 heteroatoms. The molecule has 0 fully saturated rings. The van der Waals surface area contributed by atoms with Gasteiger partial charge in [0.1, 0.15) is 0 Å². The molecule has 0 saturated carbocycles. The van der Waals surface area contributed by atoms with Crippen molar-refractivity contribution in [1.82, 2.24) is 10.9 Å². The number of carbonyl (C=O) groups excluding carboxylic acids is 1. The number of carbonyl (C=O) groups is 1. The number of hydrazine groups is 1. The molecule has 13 heavy (non-hydrogen) atoms. The molecule has 0 spiro atoms. The third-order valence-electron chi connectivity index (χ3n) is 1.35. The molecule has 0 atom stereocenters. The minimum absolute atomic E-state index is 0.326. The number of rotatable bonds is 2. The third kappa shape index (κ3) is 2.36. The normalized spacial score (nSPS) is 8.62. The first-order valence-electron chi connectivity index (χ1n) is 3.44. The van der Waals surface area contributed by atoms with Crippen LogP contribution in [0.15, 0.2) is 24.3 Å². The van der Waals surface area contributed by atoms with E-state index >= 15 is 0 Å². The van der Waals surface area contributed by atoms with Crippen LogP contribution in [-0.2, 0) is 0 Å². The highest BCUT2D eigenvalue weighted by atomic mass is 35.5. The minimum atomic E-state index is -0.438. The first-order valence-corrected chi connectivity index (χ1v) is 3.82. The van der Waals surface area contributed by atoms with Crippen molar-refractivity contribution in [3.8, 4) is 6.19 Å². The molecule has 0 aliphatic heterocycles. The van der Waals surface area contributed by atoms with E-state index in [2.05, 4.69) is 5.43 Å². The Morgan fingerprint density at radius 2 is 2.15 bits per heavy atom. The van der Waals surface area contributed by atoms with E-state index < -0.39 is 5.91 Å².